The molecule has 3 rings (SSSR count). The molecule has 0 aliphatic heterocycles. The van der Waals surface area contributed by atoms with Gasteiger partial charge in [0.15, 0.2) is 11.6 Å². The lowest BCUT2D eigenvalue weighted by Crippen LogP contribution is -2.21. The maximum atomic E-state index is 12.8. The van der Waals surface area contributed by atoms with Crippen molar-refractivity contribution in [2.24, 2.45) is 0 Å². The average molecular weight is 292 g/mol. The highest BCUT2D eigenvalue weighted by Gasteiger charge is 2.30. The molecule has 0 spiro atoms. The molecule has 1 aliphatic carbocycles. The zero-order valence-corrected chi connectivity index (χ0v) is 13.4. The van der Waals surface area contributed by atoms with E-state index in [1.54, 1.807) is 12.1 Å². The van der Waals surface area contributed by atoms with E-state index in [4.69, 9.17) is 0 Å². The van der Waals surface area contributed by atoms with Crippen molar-refractivity contribution in [1.29, 1.82) is 0 Å². The fourth-order valence-corrected chi connectivity index (χ4v) is 2.90. The van der Waals surface area contributed by atoms with Crippen molar-refractivity contribution < 1.29 is 9.59 Å². The van der Waals surface area contributed by atoms with E-state index < -0.39 is 0 Å². The van der Waals surface area contributed by atoms with Crippen molar-refractivity contribution in [1.82, 2.24) is 0 Å². The van der Waals surface area contributed by atoms with E-state index in [1.807, 2.05) is 24.3 Å². The highest BCUT2D eigenvalue weighted by atomic mass is 16.1. The third-order valence-electron chi connectivity index (χ3n) is 4.40. The van der Waals surface area contributed by atoms with E-state index in [0.717, 1.165) is 11.1 Å². The van der Waals surface area contributed by atoms with Gasteiger partial charge in [-0.15, -0.1) is 0 Å². The number of rotatable bonds is 2. The van der Waals surface area contributed by atoms with Crippen molar-refractivity contribution in [3.05, 3.63) is 69.8 Å². The zero-order valence-electron chi connectivity index (χ0n) is 13.4. The van der Waals surface area contributed by atoms with Gasteiger partial charge in [-0.25, -0.2) is 0 Å². The molecule has 2 nitrogen and oxygen atoms in total. The Bertz CT molecular complexity index is 715. The van der Waals surface area contributed by atoms with Crippen LogP contribution in [0.5, 0.6) is 0 Å². The first-order valence-corrected chi connectivity index (χ1v) is 7.77. The van der Waals surface area contributed by atoms with E-state index in [2.05, 4.69) is 27.7 Å². The molecule has 0 unspecified atom stereocenters. The Morgan fingerprint density at radius 3 is 1.27 bits per heavy atom. The van der Waals surface area contributed by atoms with Crippen LogP contribution in [0.1, 0.15) is 82.5 Å². The van der Waals surface area contributed by atoms with Crippen molar-refractivity contribution >= 4 is 11.6 Å². The van der Waals surface area contributed by atoms with Gasteiger partial charge < -0.3 is 0 Å². The SMILES string of the molecule is CC(C)c1ccc2c(c1)C(=O)c1ccc(C(C)C)cc1C2=O. The van der Waals surface area contributed by atoms with Gasteiger partial charge >= 0.3 is 0 Å². The summed E-state index contributed by atoms with van der Waals surface area (Å²) >= 11 is 0. The molecule has 0 bridgehead atoms. The monoisotopic (exact) mass is 292 g/mol. The summed E-state index contributed by atoms with van der Waals surface area (Å²) in [6.45, 7) is 8.33. The molecule has 0 heterocycles. The molecule has 0 fully saturated rings. The normalized spacial score (nSPS) is 13.5. The Hall–Kier alpha value is -2.22. The van der Waals surface area contributed by atoms with Crippen molar-refractivity contribution in [3.8, 4) is 0 Å². The molecular weight excluding hydrogens is 272 g/mol. The molecule has 0 amide bonds. The standard InChI is InChI=1S/C20H20O2/c1-11(2)13-5-7-15-17(9-13)19(21)16-8-6-14(12(3)4)10-18(16)20(15)22/h5-12H,1-4H3. The van der Waals surface area contributed by atoms with Crippen LogP contribution in [0.15, 0.2) is 36.4 Å². The van der Waals surface area contributed by atoms with Crippen molar-refractivity contribution in [2.45, 2.75) is 39.5 Å². The summed E-state index contributed by atoms with van der Waals surface area (Å²) in [5.74, 6) is 0.584. The molecule has 2 heteroatoms. The summed E-state index contributed by atoms with van der Waals surface area (Å²) in [5.41, 5.74) is 4.32. The summed E-state index contributed by atoms with van der Waals surface area (Å²) in [7, 11) is 0. The third-order valence-corrected chi connectivity index (χ3v) is 4.40. The average Bonchev–Trinajstić information content (AvgIpc) is 2.51. The summed E-state index contributed by atoms with van der Waals surface area (Å²) < 4.78 is 0. The first-order chi connectivity index (χ1) is 10.4. The van der Waals surface area contributed by atoms with Gasteiger partial charge in [-0.2, -0.15) is 0 Å². The Balaban J connectivity index is 2.18. The Kier molecular flexibility index (Phi) is 3.48. The molecule has 0 saturated heterocycles. The van der Waals surface area contributed by atoms with Crippen LogP contribution >= 0.6 is 0 Å². The van der Waals surface area contributed by atoms with Gasteiger partial charge in [0.25, 0.3) is 0 Å². The number of hydrogen-bond donors (Lipinski definition) is 0. The number of ketones is 2. The molecule has 22 heavy (non-hydrogen) atoms. The zero-order chi connectivity index (χ0) is 16.0. The van der Waals surface area contributed by atoms with Crippen LogP contribution in [0.25, 0.3) is 0 Å². The molecule has 0 saturated carbocycles. The highest BCUT2D eigenvalue weighted by Crippen LogP contribution is 2.31. The number of hydrogen-bond acceptors (Lipinski definition) is 2. The summed E-state index contributed by atoms with van der Waals surface area (Å²) in [4.78, 5) is 25.5. The van der Waals surface area contributed by atoms with Gasteiger partial charge in [-0.05, 0) is 35.1 Å². The fraction of sp³-hybridized carbons (Fsp3) is 0.300. The molecule has 112 valence electrons. The van der Waals surface area contributed by atoms with Gasteiger partial charge in [0, 0.05) is 22.3 Å². The maximum Gasteiger partial charge on any atom is 0.194 e. The lowest BCUT2D eigenvalue weighted by Gasteiger charge is -2.20. The van der Waals surface area contributed by atoms with Crippen molar-refractivity contribution in [2.75, 3.05) is 0 Å². The van der Waals surface area contributed by atoms with Gasteiger partial charge in [0.05, 0.1) is 0 Å². The van der Waals surface area contributed by atoms with E-state index in [1.165, 1.54) is 0 Å². The maximum absolute atomic E-state index is 12.8. The minimum absolute atomic E-state index is 0.0394. The van der Waals surface area contributed by atoms with Crippen LogP contribution in [0.4, 0.5) is 0 Å². The Morgan fingerprint density at radius 1 is 0.591 bits per heavy atom. The van der Waals surface area contributed by atoms with Gasteiger partial charge in [0.2, 0.25) is 0 Å². The second-order valence-electron chi connectivity index (χ2n) is 6.58. The molecule has 0 atom stereocenters. The van der Waals surface area contributed by atoms with Crippen LogP contribution in [0.3, 0.4) is 0 Å². The lowest BCUT2D eigenvalue weighted by atomic mass is 9.81. The largest absolute Gasteiger partial charge is 0.289 e. The van der Waals surface area contributed by atoms with Gasteiger partial charge in [-0.3, -0.25) is 9.59 Å². The quantitative estimate of drug-likeness (QED) is 0.685. The fourth-order valence-electron chi connectivity index (χ4n) is 2.90. The number of carbonyl (C=O) groups excluding carboxylic acids is 2. The summed E-state index contributed by atoms with van der Waals surface area (Å²) in [6, 6.07) is 11.3. The van der Waals surface area contributed by atoms with E-state index >= 15 is 0 Å². The molecular formula is C20H20O2. The summed E-state index contributed by atoms with van der Waals surface area (Å²) in [6.07, 6.45) is 0. The van der Waals surface area contributed by atoms with E-state index in [0.29, 0.717) is 34.1 Å². The van der Waals surface area contributed by atoms with Crippen molar-refractivity contribution in [3.63, 3.8) is 0 Å². The predicted molar refractivity (Wildman–Crippen MR) is 87.9 cm³/mol. The first-order valence-electron chi connectivity index (χ1n) is 7.77. The highest BCUT2D eigenvalue weighted by molar-refractivity contribution is 6.28. The Labute approximate surface area is 131 Å². The molecule has 1 aliphatic rings. The second-order valence-corrected chi connectivity index (χ2v) is 6.58. The molecule has 0 aromatic heterocycles. The smallest absolute Gasteiger partial charge is 0.194 e. The van der Waals surface area contributed by atoms with Gasteiger partial charge in [-0.1, -0.05) is 52.0 Å². The van der Waals surface area contributed by atoms with Crippen LogP contribution in [0.2, 0.25) is 0 Å². The number of fused-ring (bicyclic) bond motifs is 2. The molecule has 2 aromatic carbocycles. The number of carbonyl (C=O) groups is 2. The second kappa shape index (κ2) is 5.20. The minimum atomic E-state index is -0.0394. The van der Waals surface area contributed by atoms with Crippen LogP contribution in [-0.4, -0.2) is 11.6 Å². The van der Waals surface area contributed by atoms with Gasteiger partial charge in [0.1, 0.15) is 0 Å². The van der Waals surface area contributed by atoms with Crippen LogP contribution in [0, 0.1) is 0 Å². The Morgan fingerprint density at radius 2 is 0.955 bits per heavy atom. The first kappa shape index (κ1) is 14.7. The minimum Gasteiger partial charge on any atom is -0.289 e. The molecule has 0 radical (unpaired) electrons. The number of benzene rings is 2. The third kappa shape index (κ3) is 2.19. The van der Waals surface area contributed by atoms with Crippen LogP contribution < -0.4 is 0 Å². The molecule has 2 aromatic rings. The predicted octanol–water partition coefficient (Wildman–Crippen LogP) is 4.71. The van der Waals surface area contributed by atoms with Crippen LogP contribution in [-0.2, 0) is 0 Å². The van der Waals surface area contributed by atoms with E-state index in [-0.39, 0.29) is 11.6 Å². The van der Waals surface area contributed by atoms with E-state index in [9.17, 15) is 9.59 Å². The topological polar surface area (TPSA) is 34.1 Å². The summed E-state index contributed by atoms with van der Waals surface area (Å²) in [5, 5.41) is 0. The lowest BCUT2D eigenvalue weighted by molar-refractivity contribution is 0.0979. The molecule has 0 N–H and O–H groups in total.